The summed E-state index contributed by atoms with van der Waals surface area (Å²) in [5.41, 5.74) is 1.98. The predicted molar refractivity (Wildman–Crippen MR) is 87.4 cm³/mol. The molecule has 6 heteroatoms. The lowest BCUT2D eigenvalue weighted by Crippen LogP contribution is -2.52. The van der Waals surface area contributed by atoms with E-state index in [2.05, 4.69) is 31.7 Å². The number of aryl methyl sites for hydroxylation is 2. The standard InChI is InChI=1S/C16H27N5O/c1-13-10-17-14(2)16(18-13)21-8-9-22-15(12-21)11-20-6-4-19(3)5-7-20/h10,15H,4-9,11-12H2,1-3H3. The summed E-state index contributed by atoms with van der Waals surface area (Å²) in [6.45, 7) is 12.2. The van der Waals surface area contributed by atoms with Crippen LogP contribution in [0.15, 0.2) is 6.20 Å². The highest BCUT2D eigenvalue weighted by atomic mass is 16.5. The molecule has 2 aliphatic rings. The van der Waals surface area contributed by atoms with E-state index in [1.807, 2.05) is 20.0 Å². The monoisotopic (exact) mass is 305 g/mol. The maximum atomic E-state index is 5.98. The predicted octanol–water partition coefficient (Wildman–Crippen LogP) is 0.546. The van der Waals surface area contributed by atoms with Crippen LogP contribution >= 0.6 is 0 Å². The molecule has 3 heterocycles. The van der Waals surface area contributed by atoms with Gasteiger partial charge < -0.3 is 14.5 Å². The van der Waals surface area contributed by atoms with E-state index >= 15 is 0 Å². The van der Waals surface area contributed by atoms with Crippen LogP contribution in [-0.4, -0.2) is 85.3 Å². The van der Waals surface area contributed by atoms with E-state index < -0.39 is 0 Å². The van der Waals surface area contributed by atoms with Gasteiger partial charge in [-0.05, 0) is 20.9 Å². The molecule has 2 saturated heterocycles. The van der Waals surface area contributed by atoms with Gasteiger partial charge in [0, 0.05) is 52.0 Å². The molecule has 0 bridgehead atoms. The number of likely N-dealkylation sites (N-methyl/N-ethyl adjacent to an activating group) is 1. The van der Waals surface area contributed by atoms with Crippen LogP contribution in [0.25, 0.3) is 0 Å². The molecular formula is C16H27N5O. The third-order valence-corrected chi connectivity index (χ3v) is 4.55. The fraction of sp³-hybridized carbons (Fsp3) is 0.750. The van der Waals surface area contributed by atoms with Gasteiger partial charge in [0.05, 0.1) is 24.1 Å². The number of anilines is 1. The van der Waals surface area contributed by atoms with Gasteiger partial charge in [-0.3, -0.25) is 9.88 Å². The molecule has 2 aliphatic heterocycles. The van der Waals surface area contributed by atoms with Crippen LogP contribution in [0.4, 0.5) is 5.82 Å². The van der Waals surface area contributed by atoms with E-state index in [-0.39, 0.29) is 6.10 Å². The second kappa shape index (κ2) is 6.89. The second-order valence-electron chi connectivity index (χ2n) is 6.46. The summed E-state index contributed by atoms with van der Waals surface area (Å²) in [5.74, 6) is 1.02. The van der Waals surface area contributed by atoms with Crippen LogP contribution in [0.5, 0.6) is 0 Å². The molecule has 1 aromatic rings. The topological polar surface area (TPSA) is 44.7 Å². The van der Waals surface area contributed by atoms with Crippen molar-refractivity contribution in [3.05, 3.63) is 17.6 Å². The minimum absolute atomic E-state index is 0.263. The van der Waals surface area contributed by atoms with Crippen molar-refractivity contribution in [1.29, 1.82) is 0 Å². The van der Waals surface area contributed by atoms with E-state index in [0.29, 0.717) is 0 Å². The zero-order valence-corrected chi connectivity index (χ0v) is 14.0. The number of rotatable bonds is 3. The normalized spacial score (nSPS) is 24.7. The van der Waals surface area contributed by atoms with Crippen molar-refractivity contribution in [1.82, 2.24) is 19.8 Å². The SMILES string of the molecule is Cc1cnc(C)c(N2CCOC(CN3CCN(C)CC3)C2)n1. The zero-order chi connectivity index (χ0) is 15.5. The number of piperazine rings is 1. The van der Waals surface area contributed by atoms with Gasteiger partial charge in [0.2, 0.25) is 0 Å². The van der Waals surface area contributed by atoms with Crippen molar-refractivity contribution in [3.63, 3.8) is 0 Å². The maximum Gasteiger partial charge on any atom is 0.150 e. The minimum atomic E-state index is 0.263. The van der Waals surface area contributed by atoms with Gasteiger partial charge in [0.15, 0.2) is 5.82 Å². The molecule has 1 unspecified atom stereocenters. The Labute approximate surface area is 133 Å². The van der Waals surface area contributed by atoms with Crippen molar-refractivity contribution in [2.24, 2.45) is 0 Å². The summed E-state index contributed by atoms with van der Waals surface area (Å²) in [4.78, 5) is 16.4. The lowest BCUT2D eigenvalue weighted by atomic mass is 10.2. The number of hydrogen-bond donors (Lipinski definition) is 0. The van der Waals surface area contributed by atoms with Crippen molar-refractivity contribution >= 4 is 5.82 Å². The Balaban J connectivity index is 1.60. The van der Waals surface area contributed by atoms with Crippen molar-refractivity contribution in [2.45, 2.75) is 20.0 Å². The van der Waals surface area contributed by atoms with Gasteiger partial charge in [-0.15, -0.1) is 0 Å². The lowest BCUT2D eigenvalue weighted by Gasteiger charge is -2.39. The van der Waals surface area contributed by atoms with Crippen LogP contribution in [-0.2, 0) is 4.74 Å². The van der Waals surface area contributed by atoms with Crippen LogP contribution in [0.1, 0.15) is 11.4 Å². The minimum Gasteiger partial charge on any atom is -0.373 e. The highest BCUT2D eigenvalue weighted by Gasteiger charge is 2.26. The fourth-order valence-corrected chi connectivity index (χ4v) is 3.16. The Morgan fingerprint density at radius 1 is 1.18 bits per heavy atom. The first-order chi connectivity index (χ1) is 10.6. The number of aromatic nitrogens is 2. The van der Waals surface area contributed by atoms with Gasteiger partial charge in [-0.2, -0.15) is 0 Å². The number of ether oxygens (including phenoxy) is 1. The van der Waals surface area contributed by atoms with Crippen LogP contribution in [0.2, 0.25) is 0 Å². The van der Waals surface area contributed by atoms with Gasteiger partial charge in [-0.25, -0.2) is 4.98 Å². The van der Waals surface area contributed by atoms with Crippen LogP contribution in [0, 0.1) is 13.8 Å². The van der Waals surface area contributed by atoms with Gasteiger partial charge >= 0.3 is 0 Å². The maximum absolute atomic E-state index is 5.98. The summed E-state index contributed by atoms with van der Waals surface area (Å²) in [5, 5.41) is 0. The first kappa shape index (κ1) is 15.6. The Morgan fingerprint density at radius 2 is 1.95 bits per heavy atom. The first-order valence-corrected chi connectivity index (χ1v) is 8.19. The van der Waals surface area contributed by atoms with Gasteiger partial charge in [0.25, 0.3) is 0 Å². The molecule has 0 amide bonds. The first-order valence-electron chi connectivity index (χ1n) is 8.19. The molecule has 0 saturated carbocycles. The summed E-state index contributed by atoms with van der Waals surface area (Å²) in [6, 6.07) is 0. The van der Waals surface area contributed by atoms with Crippen molar-refractivity contribution in [2.75, 3.05) is 64.4 Å². The average molecular weight is 305 g/mol. The Kier molecular flexibility index (Phi) is 4.90. The highest BCUT2D eigenvalue weighted by Crippen LogP contribution is 2.19. The number of morpholine rings is 1. The molecule has 0 N–H and O–H groups in total. The zero-order valence-electron chi connectivity index (χ0n) is 14.0. The van der Waals surface area contributed by atoms with Gasteiger partial charge in [0.1, 0.15) is 0 Å². The molecule has 1 aromatic heterocycles. The third-order valence-electron chi connectivity index (χ3n) is 4.55. The Morgan fingerprint density at radius 3 is 2.73 bits per heavy atom. The second-order valence-corrected chi connectivity index (χ2v) is 6.46. The molecule has 0 aliphatic carbocycles. The van der Waals surface area contributed by atoms with Gasteiger partial charge in [-0.1, -0.05) is 0 Å². The average Bonchev–Trinajstić information content (AvgIpc) is 2.52. The number of hydrogen-bond acceptors (Lipinski definition) is 6. The van der Waals surface area contributed by atoms with Crippen LogP contribution < -0.4 is 4.90 Å². The van der Waals surface area contributed by atoms with E-state index in [4.69, 9.17) is 4.74 Å². The van der Waals surface area contributed by atoms with E-state index in [9.17, 15) is 0 Å². The summed E-state index contributed by atoms with van der Waals surface area (Å²) in [6.07, 6.45) is 2.10. The van der Waals surface area contributed by atoms with E-state index in [1.165, 1.54) is 0 Å². The molecule has 122 valence electrons. The van der Waals surface area contributed by atoms with E-state index in [0.717, 1.165) is 69.6 Å². The molecule has 6 nitrogen and oxygen atoms in total. The molecule has 22 heavy (non-hydrogen) atoms. The molecule has 3 rings (SSSR count). The molecular weight excluding hydrogens is 278 g/mol. The number of nitrogens with zero attached hydrogens (tertiary/aromatic N) is 5. The molecule has 1 atom stereocenters. The van der Waals surface area contributed by atoms with Crippen LogP contribution in [0.3, 0.4) is 0 Å². The quantitative estimate of drug-likeness (QED) is 0.812. The Hall–Kier alpha value is -1.24. The molecule has 0 radical (unpaired) electrons. The highest BCUT2D eigenvalue weighted by molar-refractivity contribution is 5.43. The van der Waals surface area contributed by atoms with Crippen molar-refractivity contribution in [3.8, 4) is 0 Å². The molecule has 2 fully saturated rings. The molecule has 0 aromatic carbocycles. The Bertz CT molecular complexity index is 501. The lowest BCUT2D eigenvalue weighted by molar-refractivity contribution is 0.00657. The fourth-order valence-electron chi connectivity index (χ4n) is 3.16. The van der Waals surface area contributed by atoms with E-state index in [1.54, 1.807) is 0 Å². The third kappa shape index (κ3) is 3.74. The summed E-state index contributed by atoms with van der Waals surface area (Å²) in [7, 11) is 2.19. The smallest absolute Gasteiger partial charge is 0.150 e. The summed E-state index contributed by atoms with van der Waals surface area (Å²) >= 11 is 0. The largest absolute Gasteiger partial charge is 0.373 e. The molecule has 0 spiro atoms. The van der Waals surface area contributed by atoms with Crippen molar-refractivity contribution < 1.29 is 4.74 Å². The summed E-state index contributed by atoms with van der Waals surface area (Å²) < 4.78 is 5.98.